The van der Waals surface area contributed by atoms with Crippen LogP contribution in [0.5, 0.6) is 11.5 Å². The summed E-state index contributed by atoms with van der Waals surface area (Å²) in [6.45, 7) is 0.604. The quantitative estimate of drug-likeness (QED) is 0.511. The molecule has 0 radical (unpaired) electrons. The Morgan fingerprint density at radius 3 is 2.47 bits per heavy atom. The van der Waals surface area contributed by atoms with E-state index in [-0.39, 0.29) is 30.1 Å². The molecule has 0 aliphatic heterocycles. The van der Waals surface area contributed by atoms with Crippen molar-refractivity contribution in [2.75, 3.05) is 14.2 Å². The smallest absolute Gasteiger partial charge is 0.273 e. The summed E-state index contributed by atoms with van der Waals surface area (Å²) in [5.41, 5.74) is 1.68. The van der Waals surface area contributed by atoms with Crippen LogP contribution in [0.4, 0.5) is 0 Å². The first-order valence-corrected chi connectivity index (χ1v) is 11.4. The Hall–Kier alpha value is -3.81. The second-order valence-corrected chi connectivity index (χ2v) is 8.31. The number of carbonyl (C=O) groups is 2. The van der Waals surface area contributed by atoms with Crippen LogP contribution in [0.25, 0.3) is 0 Å². The first kappa shape index (κ1) is 23.4. The number of amides is 2. The third-order valence-electron chi connectivity index (χ3n) is 6.07. The Morgan fingerprint density at radius 2 is 1.76 bits per heavy atom. The van der Waals surface area contributed by atoms with Gasteiger partial charge in [-0.2, -0.15) is 0 Å². The highest BCUT2D eigenvalue weighted by molar-refractivity contribution is 5.95. The molecule has 1 aliphatic rings. The van der Waals surface area contributed by atoms with Crippen molar-refractivity contribution < 1.29 is 23.6 Å². The van der Waals surface area contributed by atoms with E-state index >= 15 is 0 Å². The molecule has 1 aromatic heterocycles. The molecule has 0 spiro atoms. The van der Waals surface area contributed by atoms with Crippen LogP contribution in [0.15, 0.2) is 59.1 Å². The summed E-state index contributed by atoms with van der Waals surface area (Å²) in [5, 5.41) is 6.77. The van der Waals surface area contributed by atoms with Crippen LogP contribution in [0.1, 0.15) is 57.9 Å². The summed E-state index contributed by atoms with van der Waals surface area (Å²) in [7, 11) is 3.19. The standard InChI is InChI=1S/C26H29N3O5/c1-32-21-12-10-18(11-13-21)16-27-25(30)24-15-23(34-28-24)17-29(20-7-3-4-8-20)26(31)19-6-5-9-22(14-19)33-2/h5-6,9-15,20H,3-4,7-8,16-17H2,1-2H3,(H,27,30). The van der Waals surface area contributed by atoms with Crippen molar-refractivity contribution in [3.8, 4) is 11.5 Å². The van der Waals surface area contributed by atoms with Crippen molar-refractivity contribution in [1.82, 2.24) is 15.4 Å². The van der Waals surface area contributed by atoms with Gasteiger partial charge in [0.05, 0.1) is 20.8 Å². The molecule has 3 aromatic rings. The van der Waals surface area contributed by atoms with Crippen LogP contribution in [0.2, 0.25) is 0 Å². The van der Waals surface area contributed by atoms with Gasteiger partial charge in [0.25, 0.3) is 11.8 Å². The van der Waals surface area contributed by atoms with Gasteiger partial charge in [0, 0.05) is 24.2 Å². The highest BCUT2D eigenvalue weighted by Gasteiger charge is 2.29. The van der Waals surface area contributed by atoms with E-state index in [4.69, 9.17) is 14.0 Å². The van der Waals surface area contributed by atoms with Crippen molar-refractivity contribution >= 4 is 11.8 Å². The van der Waals surface area contributed by atoms with Crippen molar-refractivity contribution in [3.05, 3.63) is 77.2 Å². The fourth-order valence-corrected chi connectivity index (χ4v) is 4.18. The van der Waals surface area contributed by atoms with E-state index in [1.54, 1.807) is 38.5 Å². The summed E-state index contributed by atoms with van der Waals surface area (Å²) in [5.74, 6) is 1.43. The third kappa shape index (κ3) is 5.57. The molecule has 0 bridgehead atoms. The minimum absolute atomic E-state index is 0.0901. The first-order chi connectivity index (χ1) is 16.6. The summed E-state index contributed by atoms with van der Waals surface area (Å²) in [6.07, 6.45) is 4.06. The number of nitrogens with zero attached hydrogens (tertiary/aromatic N) is 2. The average molecular weight is 464 g/mol. The lowest BCUT2D eigenvalue weighted by molar-refractivity contribution is 0.0643. The maximum absolute atomic E-state index is 13.4. The van der Waals surface area contributed by atoms with E-state index < -0.39 is 0 Å². The van der Waals surface area contributed by atoms with Crippen LogP contribution >= 0.6 is 0 Å². The highest BCUT2D eigenvalue weighted by Crippen LogP contribution is 2.27. The Kier molecular flexibility index (Phi) is 7.47. The number of carbonyl (C=O) groups excluding carboxylic acids is 2. The molecule has 0 unspecified atom stereocenters. The van der Waals surface area contributed by atoms with Gasteiger partial charge in [-0.15, -0.1) is 0 Å². The summed E-state index contributed by atoms with van der Waals surface area (Å²) < 4.78 is 15.9. The number of methoxy groups -OCH3 is 2. The molecule has 2 aromatic carbocycles. The SMILES string of the molecule is COc1ccc(CNC(=O)c2cc(CN(C(=O)c3cccc(OC)c3)C3CCCC3)on2)cc1. The molecular formula is C26H29N3O5. The zero-order chi connectivity index (χ0) is 23.9. The van der Waals surface area contributed by atoms with E-state index in [0.717, 1.165) is 37.0 Å². The zero-order valence-electron chi connectivity index (χ0n) is 19.5. The molecule has 4 rings (SSSR count). The lowest BCUT2D eigenvalue weighted by Crippen LogP contribution is -2.38. The molecule has 8 nitrogen and oxygen atoms in total. The van der Waals surface area contributed by atoms with E-state index in [9.17, 15) is 9.59 Å². The Bertz CT molecular complexity index is 1120. The monoisotopic (exact) mass is 463 g/mol. The van der Waals surface area contributed by atoms with Gasteiger partial charge >= 0.3 is 0 Å². The Morgan fingerprint density at radius 1 is 1.03 bits per heavy atom. The molecule has 34 heavy (non-hydrogen) atoms. The summed E-state index contributed by atoms with van der Waals surface area (Å²) >= 11 is 0. The van der Waals surface area contributed by atoms with Crippen LogP contribution < -0.4 is 14.8 Å². The van der Waals surface area contributed by atoms with Gasteiger partial charge in [0.2, 0.25) is 0 Å². The van der Waals surface area contributed by atoms with Crippen LogP contribution in [-0.2, 0) is 13.1 Å². The number of hydrogen-bond acceptors (Lipinski definition) is 6. The summed E-state index contributed by atoms with van der Waals surface area (Å²) in [6, 6.07) is 16.3. The second kappa shape index (κ2) is 10.9. The van der Waals surface area contributed by atoms with Crippen molar-refractivity contribution in [2.24, 2.45) is 0 Å². The van der Waals surface area contributed by atoms with E-state index in [2.05, 4.69) is 10.5 Å². The van der Waals surface area contributed by atoms with E-state index in [0.29, 0.717) is 23.6 Å². The minimum Gasteiger partial charge on any atom is -0.497 e. The van der Waals surface area contributed by atoms with E-state index in [1.165, 1.54) is 0 Å². The fraction of sp³-hybridized carbons (Fsp3) is 0.346. The third-order valence-corrected chi connectivity index (χ3v) is 6.07. The topological polar surface area (TPSA) is 93.9 Å². The molecule has 0 atom stereocenters. The molecule has 178 valence electrons. The van der Waals surface area contributed by atoms with Crippen molar-refractivity contribution in [2.45, 2.75) is 44.8 Å². The molecule has 2 amide bonds. The molecular weight excluding hydrogens is 434 g/mol. The van der Waals surface area contributed by atoms with Gasteiger partial charge in [0.15, 0.2) is 11.5 Å². The van der Waals surface area contributed by atoms with Crippen LogP contribution in [0, 0.1) is 0 Å². The molecule has 1 aliphatic carbocycles. The molecule has 8 heteroatoms. The largest absolute Gasteiger partial charge is 0.497 e. The predicted molar refractivity (Wildman–Crippen MR) is 126 cm³/mol. The molecule has 1 N–H and O–H groups in total. The maximum atomic E-state index is 13.4. The first-order valence-electron chi connectivity index (χ1n) is 11.4. The van der Waals surface area contributed by atoms with Crippen molar-refractivity contribution in [1.29, 1.82) is 0 Å². The number of hydrogen-bond donors (Lipinski definition) is 1. The molecule has 1 saturated carbocycles. The molecule has 0 saturated heterocycles. The van der Waals surface area contributed by atoms with Gasteiger partial charge < -0.3 is 24.2 Å². The van der Waals surface area contributed by atoms with Crippen molar-refractivity contribution in [3.63, 3.8) is 0 Å². The lowest BCUT2D eigenvalue weighted by atomic mass is 10.1. The van der Waals surface area contributed by atoms with Crippen LogP contribution in [0.3, 0.4) is 0 Å². The number of rotatable bonds is 9. The number of aromatic nitrogens is 1. The van der Waals surface area contributed by atoms with Gasteiger partial charge in [0.1, 0.15) is 11.5 Å². The van der Waals surface area contributed by atoms with Gasteiger partial charge in [-0.05, 0) is 48.7 Å². The number of ether oxygens (including phenoxy) is 2. The zero-order valence-corrected chi connectivity index (χ0v) is 19.5. The van der Waals surface area contributed by atoms with E-state index in [1.807, 2.05) is 35.2 Å². The lowest BCUT2D eigenvalue weighted by Gasteiger charge is -2.28. The maximum Gasteiger partial charge on any atom is 0.273 e. The van der Waals surface area contributed by atoms with Gasteiger partial charge in [-0.25, -0.2) is 0 Å². The van der Waals surface area contributed by atoms with Gasteiger partial charge in [-0.1, -0.05) is 36.2 Å². The number of benzene rings is 2. The highest BCUT2D eigenvalue weighted by atomic mass is 16.5. The molecule has 1 heterocycles. The van der Waals surface area contributed by atoms with Crippen LogP contribution in [-0.4, -0.2) is 42.1 Å². The van der Waals surface area contributed by atoms with Gasteiger partial charge in [-0.3, -0.25) is 9.59 Å². The molecule has 1 fully saturated rings. The normalized spacial score (nSPS) is 13.5. The predicted octanol–water partition coefficient (Wildman–Crippen LogP) is 4.21. The Labute approximate surface area is 198 Å². The fourth-order valence-electron chi connectivity index (χ4n) is 4.18. The summed E-state index contributed by atoms with van der Waals surface area (Å²) in [4.78, 5) is 27.8. The Balaban J connectivity index is 1.43. The minimum atomic E-state index is -0.336. The number of nitrogens with one attached hydrogen (secondary N) is 1. The average Bonchev–Trinajstić information content (AvgIpc) is 3.58. The second-order valence-electron chi connectivity index (χ2n) is 8.31.